The van der Waals surface area contributed by atoms with Gasteiger partial charge in [0.2, 0.25) is 0 Å². The SMILES string of the molecule is CC(C)(C)C(C)(C)CC1(C(C)(C)C(C)(C)O)CC1. The second-order valence-corrected chi connectivity index (χ2v) is 9.28. The molecule has 1 N–H and O–H groups in total. The monoisotopic (exact) mass is 254 g/mol. The molecule has 108 valence electrons. The van der Waals surface area contributed by atoms with E-state index < -0.39 is 5.60 Å². The van der Waals surface area contributed by atoms with Crippen LogP contribution in [0.25, 0.3) is 0 Å². The largest absolute Gasteiger partial charge is 0.390 e. The second kappa shape index (κ2) is 3.98. The first-order valence-electron chi connectivity index (χ1n) is 7.39. The predicted molar refractivity (Wildman–Crippen MR) is 79.6 cm³/mol. The van der Waals surface area contributed by atoms with Gasteiger partial charge in [-0.1, -0.05) is 48.5 Å². The highest BCUT2D eigenvalue weighted by Gasteiger charge is 2.61. The molecule has 0 aromatic rings. The van der Waals surface area contributed by atoms with Crippen LogP contribution in [-0.4, -0.2) is 10.7 Å². The summed E-state index contributed by atoms with van der Waals surface area (Å²) in [5.41, 5.74) is 0.284. The van der Waals surface area contributed by atoms with Crippen molar-refractivity contribution in [3.63, 3.8) is 0 Å². The van der Waals surface area contributed by atoms with Crippen LogP contribution in [0.2, 0.25) is 0 Å². The highest BCUT2D eigenvalue weighted by Crippen LogP contribution is 2.68. The van der Waals surface area contributed by atoms with E-state index in [0.717, 1.165) is 0 Å². The van der Waals surface area contributed by atoms with Crippen LogP contribution in [0.3, 0.4) is 0 Å². The maximum absolute atomic E-state index is 10.5. The average molecular weight is 254 g/mol. The van der Waals surface area contributed by atoms with Crippen LogP contribution >= 0.6 is 0 Å². The van der Waals surface area contributed by atoms with Crippen LogP contribution in [0.15, 0.2) is 0 Å². The minimum atomic E-state index is -0.614. The molecule has 0 unspecified atom stereocenters. The summed E-state index contributed by atoms with van der Waals surface area (Å²) in [6, 6.07) is 0. The molecular weight excluding hydrogens is 220 g/mol. The fraction of sp³-hybridized carbons (Fsp3) is 1.00. The number of aliphatic hydroxyl groups is 1. The van der Waals surface area contributed by atoms with E-state index in [1.807, 2.05) is 13.8 Å². The van der Waals surface area contributed by atoms with Crippen molar-refractivity contribution in [2.24, 2.45) is 21.7 Å². The molecule has 1 aliphatic rings. The highest BCUT2D eigenvalue weighted by atomic mass is 16.3. The number of hydrogen-bond donors (Lipinski definition) is 1. The van der Waals surface area contributed by atoms with E-state index in [-0.39, 0.29) is 5.41 Å². The van der Waals surface area contributed by atoms with Crippen molar-refractivity contribution < 1.29 is 5.11 Å². The van der Waals surface area contributed by atoms with Crippen molar-refractivity contribution in [2.45, 2.75) is 87.2 Å². The molecule has 0 aromatic heterocycles. The molecular formula is C17H34O. The van der Waals surface area contributed by atoms with E-state index >= 15 is 0 Å². The second-order valence-electron chi connectivity index (χ2n) is 9.28. The van der Waals surface area contributed by atoms with E-state index in [1.54, 1.807) is 0 Å². The Morgan fingerprint density at radius 3 is 1.44 bits per heavy atom. The van der Waals surface area contributed by atoms with Crippen LogP contribution in [0, 0.1) is 21.7 Å². The Morgan fingerprint density at radius 2 is 1.22 bits per heavy atom. The summed E-state index contributed by atoms with van der Waals surface area (Å²) in [5.74, 6) is 0. The molecule has 0 atom stereocenters. The third-order valence-electron chi connectivity index (χ3n) is 6.52. The Kier molecular flexibility index (Phi) is 3.54. The van der Waals surface area contributed by atoms with E-state index in [0.29, 0.717) is 16.2 Å². The molecule has 1 saturated carbocycles. The van der Waals surface area contributed by atoms with E-state index in [9.17, 15) is 5.11 Å². The third kappa shape index (κ3) is 2.48. The normalized spacial score (nSPS) is 21.0. The quantitative estimate of drug-likeness (QED) is 0.746. The molecule has 1 heteroatoms. The van der Waals surface area contributed by atoms with Gasteiger partial charge in [-0.05, 0) is 54.8 Å². The molecule has 18 heavy (non-hydrogen) atoms. The molecule has 0 spiro atoms. The number of rotatable bonds is 4. The first-order valence-corrected chi connectivity index (χ1v) is 7.39. The fourth-order valence-corrected chi connectivity index (χ4v) is 2.93. The Balaban J connectivity index is 2.98. The van der Waals surface area contributed by atoms with Gasteiger partial charge in [-0.15, -0.1) is 0 Å². The van der Waals surface area contributed by atoms with Gasteiger partial charge in [0.15, 0.2) is 0 Å². The summed E-state index contributed by atoms with van der Waals surface area (Å²) in [6.07, 6.45) is 3.74. The zero-order valence-electron chi connectivity index (χ0n) is 14.1. The molecule has 0 saturated heterocycles. The molecule has 0 aromatic carbocycles. The predicted octanol–water partition coefficient (Wildman–Crippen LogP) is 5.03. The maximum Gasteiger partial charge on any atom is 0.0647 e. The fourth-order valence-electron chi connectivity index (χ4n) is 2.93. The number of hydrogen-bond acceptors (Lipinski definition) is 1. The van der Waals surface area contributed by atoms with E-state index in [2.05, 4.69) is 48.5 Å². The Bertz CT molecular complexity index is 305. The van der Waals surface area contributed by atoms with Crippen LogP contribution < -0.4 is 0 Å². The van der Waals surface area contributed by atoms with Gasteiger partial charge in [-0.25, -0.2) is 0 Å². The average Bonchev–Trinajstić information content (AvgIpc) is 2.80. The molecule has 1 fully saturated rings. The van der Waals surface area contributed by atoms with Crippen molar-refractivity contribution in [3.8, 4) is 0 Å². The lowest BCUT2D eigenvalue weighted by molar-refractivity contribution is -0.0958. The smallest absolute Gasteiger partial charge is 0.0647 e. The lowest BCUT2D eigenvalue weighted by Crippen LogP contribution is -2.48. The van der Waals surface area contributed by atoms with Gasteiger partial charge >= 0.3 is 0 Å². The topological polar surface area (TPSA) is 20.2 Å². The summed E-state index contributed by atoms with van der Waals surface area (Å²) >= 11 is 0. The lowest BCUT2D eigenvalue weighted by atomic mass is 9.56. The van der Waals surface area contributed by atoms with Gasteiger partial charge in [0.05, 0.1) is 5.60 Å². The summed E-state index contributed by atoms with van der Waals surface area (Å²) < 4.78 is 0. The van der Waals surface area contributed by atoms with Gasteiger partial charge < -0.3 is 5.11 Å². The Hall–Kier alpha value is -0.0400. The first kappa shape index (κ1) is 16.0. The van der Waals surface area contributed by atoms with Gasteiger partial charge in [0.25, 0.3) is 0 Å². The van der Waals surface area contributed by atoms with Crippen LogP contribution in [0.4, 0.5) is 0 Å². The molecule has 1 aliphatic carbocycles. The molecule has 0 radical (unpaired) electrons. The first-order chi connectivity index (χ1) is 7.66. The van der Waals surface area contributed by atoms with Gasteiger partial charge in [-0.2, -0.15) is 0 Å². The highest BCUT2D eigenvalue weighted by molar-refractivity contribution is 5.11. The van der Waals surface area contributed by atoms with Crippen LogP contribution in [0.1, 0.15) is 81.6 Å². The van der Waals surface area contributed by atoms with Crippen molar-refractivity contribution in [1.82, 2.24) is 0 Å². The van der Waals surface area contributed by atoms with Crippen molar-refractivity contribution in [1.29, 1.82) is 0 Å². The zero-order chi connectivity index (χ0) is 14.6. The van der Waals surface area contributed by atoms with Crippen LogP contribution in [0.5, 0.6) is 0 Å². The minimum absolute atomic E-state index is 0.0253. The summed E-state index contributed by atoms with van der Waals surface area (Å²) in [6.45, 7) is 20.2. The summed E-state index contributed by atoms with van der Waals surface area (Å²) in [5, 5.41) is 10.5. The van der Waals surface area contributed by atoms with E-state index in [1.165, 1.54) is 19.3 Å². The molecule has 0 heterocycles. The Labute approximate surface area is 114 Å². The molecule has 0 bridgehead atoms. The van der Waals surface area contributed by atoms with E-state index in [4.69, 9.17) is 0 Å². The van der Waals surface area contributed by atoms with Gasteiger partial charge in [0, 0.05) is 0 Å². The van der Waals surface area contributed by atoms with Gasteiger partial charge in [0.1, 0.15) is 0 Å². The maximum atomic E-state index is 10.5. The van der Waals surface area contributed by atoms with Crippen molar-refractivity contribution in [3.05, 3.63) is 0 Å². The minimum Gasteiger partial charge on any atom is -0.390 e. The van der Waals surface area contributed by atoms with Crippen LogP contribution in [-0.2, 0) is 0 Å². The Morgan fingerprint density at radius 1 is 0.833 bits per heavy atom. The van der Waals surface area contributed by atoms with Gasteiger partial charge in [-0.3, -0.25) is 0 Å². The molecule has 1 rings (SSSR count). The third-order valence-corrected chi connectivity index (χ3v) is 6.52. The summed E-state index contributed by atoms with van der Waals surface area (Å²) in [4.78, 5) is 0. The summed E-state index contributed by atoms with van der Waals surface area (Å²) in [7, 11) is 0. The van der Waals surface area contributed by atoms with Crippen molar-refractivity contribution >= 4 is 0 Å². The lowest BCUT2D eigenvalue weighted by Gasteiger charge is -2.50. The standard InChI is InChI=1S/C17H34O/c1-13(2,3)14(4,5)12-17(10-11-17)15(6,7)16(8,9)18/h18H,10-12H2,1-9H3. The molecule has 0 amide bonds. The molecule has 0 aliphatic heterocycles. The molecule has 1 nitrogen and oxygen atoms in total. The van der Waals surface area contributed by atoms with Crippen molar-refractivity contribution in [2.75, 3.05) is 0 Å². The zero-order valence-corrected chi connectivity index (χ0v) is 14.1.